The first kappa shape index (κ1) is 11.5. The van der Waals surface area contributed by atoms with Crippen LogP contribution in [0.2, 0.25) is 0 Å². The van der Waals surface area contributed by atoms with Gasteiger partial charge in [-0.15, -0.1) is 0 Å². The van der Waals surface area contributed by atoms with Gasteiger partial charge in [-0.05, 0) is 55.2 Å². The van der Waals surface area contributed by atoms with Gasteiger partial charge in [0.2, 0.25) is 0 Å². The number of rotatable bonds is 1. The Balaban J connectivity index is 2.64. The number of phenolic OH excluding ortho intramolecular Hbond substituents is 2. The Morgan fingerprint density at radius 2 is 1.53 bits per heavy atom. The number of benzene rings is 2. The molecule has 0 radical (unpaired) electrons. The zero-order chi connectivity index (χ0) is 12.6. The number of aryl methyl sites for hydroxylation is 3. The number of hydrogen-bond donors (Lipinski definition) is 2. The summed E-state index contributed by atoms with van der Waals surface area (Å²) in [6.07, 6.45) is 0. The van der Waals surface area contributed by atoms with Crippen LogP contribution in [-0.4, -0.2) is 10.2 Å². The van der Waals surface area contributed by atoms with Gasteiger partial charge in [0.1, 0.15) is 11.5 Å². The van der Waals surface area contributed by atoms with Crippen molar-refractivity contribution < 1.29 is 10.2 Å². The zero-order valence-corrected chi connectivity index (χ0v) is 10.3. The molecular weight excluding hydrogens is 212 g/mol. The van der Waals surface area contributed by atoms with Crippen LogP contribution in [0.3, 0.4) is 0 Å². The van der Waals surface area contributed by atoms with Crippen LogP contribution in [0.25, 0.3) is 11.1 Å². The zero-order valence-electron chi connectivity index (χ0n) is 10.3. The van der Waals surface area contributed by atoms with Crippen LogP contribution in [0.15, 0.2) is 30.3 Å². The van der Waals surface area contributed by atoms with E-state index in [9.17, 15) is 10.2 Å². The molecule has 0 unspecified atom stereocenters. The minimum atomic E-state index is 0.251. The molecule has 0 aliphatic heterocycles. The third kappa shape index (κ3) is 2.11. The summed E-state index contributed by atoms with van der Waals surface area (Å²) >= 11 is 0. The van der Waals surface area contributed by atoms with Crippen molar-refractivity contribution in [3.63, 3.8) is 0 Å². The summed E-state index contributed by atoms with van der Waals surface area (Å²) in [5, 5.41) is 19.8. The smallest absolute Gasteiger partial charge is 0.126 e. The molecule has 0 saturated heterocycles. The van der Waals surface area contributed by atoms with Crippen LogP contribution in [0.1, 0.15) is 16.7 Å². The van der Waals surface area contributed by atoms with Gasteiger partial charge in [-0.2, -0.15) is 0 Å². The van der Waals surface area contributed by atoms with Crippen LogP contribution in [0, 0.1) is 20.8 Å². The highest BCUT2D eigenvalue weighted by molar-refractivity contribution is 5.73. The standard InChI is InChI=1S/C15H16O2/c1-9-6-11(3)15(17)13(7-9)12-5-4-10(2)14(16)8-12/h4-8,16-17H,1-3H3. The molecule has 0 fully saturated rings. The molecule has 0 aliphatic rings. The Hall–Kier alpha value is -1.96. The van der Waals surface area contributed by atoms with Crippen molar-refractivity contribution in [1.29, 1.82) is 0 Å². The lowest BCUT2D eigenvalue weighted by atomic mass is 9.98. The molecular formula is C15H16O2. The second-order valence-corrected chi connectivity index (χ2v) is 4.48. The van der Waals surface area contributed by atoms with E-state index in [4.69, 9.17) is 0 Å². The molecule has 0 heterocycles. The van der Waals surface area contributed by atoms with Crippen LogP contribution >= 0.6 is 0 Å². The van der Waals surface area contributed by atoms with Crippen molar-refractivity contribution in [3.8, 4) is 22.6 Å². The molecule has 0 atom stereocenters. The largest absolute Gasteiger partial charge is 0.508 e. The summed E-state index contributed by atoms with van der Waals surface area (Å²) in [5.74, 6) is 0.528. The van der Waals surface area contributed by atoms with E-state index in [0.29, 0.717) is 0 Å². The monoisotopic (exact) mass is 228 g/mol. The SMILES string of the molecule is Cc1cc(C)c(O)c(-c2ccc(C)c(O)c2)c1. The number of aromatic hydroxyl groups is 2. The van der Waals surface area contributed by atoms with E-state index in [1.54, 1.807) is 6.07 Å². The van der Waals surface area contributed by atoms with Crippen LogP contribution in [0.5, 0.6) is 11.5 Å². The maximum absolute atomic E-state index is 10.1. The van der Waals surface area contributed by atoms with E-state index < -0.39 is 0 Å². The first-order chi connectivity index (χ1) is 7.99. The maximum Gasteiger partial charge on any atom is 0.126 e. The lowest BCUT2D eigenvalue weighted by molar-refractivity contribution is 0.470. The van der Waals surface area contributed by atoms with Crippen molar-refractivity contribution >= 4 is 0 Å². The Kier molecular flexibility index (Phi) is 2.80. The molecule has 2 nitrogen and oxygen atoms in total. The Morgan fingerprint density at radius 3 is 2.18 bits per heavy atom. The minimum absolute atomic E-state index is 0.251. The second kappa shape index (κ2) is 4.13. The van der Waals surface area contributed by atoms with Gasteiger partial charge in [-0.25, -0.2) is 0 Å². The summed E-state index contributed by atoms with van der Waals surface area (Å²) in [6, 6.07) is 9.30. The van der Waals surface area contributed by atoms with E-state index in [1.165, 1.54) is 0 Å². The highest BCUT2D eigenvalue weighted by atomic mass is 16.3. The van der Waals surface area contributed by atoms with Crippen LogP contribution in [-0.2, 0) is 0 Å². The predicted octanol–water partition coefficient (Wildman–Crippen LogP) is 3.69. The third-order valence-electron chi connectivity index (χ3n) is 2.96. The van der Waals surface area contributed by atoms with Gasteiger partial charge in [-0.3, -0.25) is 0 Å². The van der Waals surface area contributed by atoms with Gasteiger partial charge in [0.25, 0.3) is 0 Å². The van der Waals surface area contributed by atoms with Gasteiger partial charge in [-0.1, -0.05) is 18.2 Å². The molecule has 0 aliphatic carbocycles. The quantitative estimate of drug-likeness (QED) is 0.781. The molecule has 0 aromatic heterocycles. The van der Waals surface area contributed by atoms with Crippen molar-refractivity contribution in [2.24, 2.45) is 0 Å². The molecule has 0 amide bonds. The van der Waals surface area contributed by atoms with Gasteiger partial charge < -0.3 is 10.2 Å². The highest BCUT2D eigenvalue weighted by Crippen LogP contribution is 2.35. The minimum Gasteiger partial charge on any atom is -0.508 e. The highest BCUT2D eigenvalue weighted by Gasteiger charge is 2.09. The van der Waals surface area contributed by atoms with Crippen molar-refractivity contribution in [2.45, 2.75) is 20.8 Å². The Bertz CT molecular complexity index is 571. The van der Waals surface area contributed by atoms with Gasteiger partial charge in [0.15, 0.2) is 0 Å². The summed E-state index contributed by atoms with van der Waals surface area (Å²) in [7, 11) is 0. The number of hydrogen-bond acceptors (Lipinski definition) is 2. The third-order valence-corrected chi connectivity index (χ3v) is 2.96. The lowest BCUT2D eigenvalue weighted by Crippen LogP contribution is -1.86. The first-order valence-electron chi connectivity index (χ1n) is 5.59. The summed E-state index contributed by atoms with van der Waals surface area (Å²) in [4.78, 5) is 0. The fraction of sp³-hybridized carbons (Fsp3) is 0.200. The average Bonchev–Trinajstić information content (AvgIpc) is 2.27. The van der Waals surface area contributed by atoms with Crippen LogP contribution < -0.4 is 0 Å². The van der Waals surface area contributed by atoms with E-state index in [-0.39, 0.29) is 11.5 Å². The molecule has 88 valence electrons. The van der Waals surface area contributed by atoms with Crippen molar-refractivity contribution in [3.05, 3.63) is 47.0 Å². The molecule has 2 aromatic rings. The maximum atomic E-state index is 10.1. The fourth-order valence-electron chi connectivity index (χ4n) is 1.96. The van der Waals surface area contributed by atoms with Crippen molar-refractivity contribution in [1.82, 2.24) is 0 Å². The second-order valence-electron chi connectivity index (χ2n) is 4.48. The summed E-state index contributed by atoms with van der Waals surface area (Å²) in [6.45, 7) is 5.71. The van der Waals surface area contributed by atoms with Crippen molar-refractivity contribution in [2.75, 3.05) is 0 Å². The fourth-order valence-corrected chi connectivity index (χ4v) is 1.96. The molecule has 0 spiro atoms. The van der Waals surface area contributed by atoms with Crippen LogP contribution in [0.4, 0.5) is 0 Å². The van der Waals surface area contributed by atoms with E-state index >= 15 is 0 Å². The first-order valence-corrected chi connectivity index (χ1v) is 5.59. The number of phenols is 2. The summed E-state index contributed by atoms with van der Waals surface area (Å²) < 4.78 is 0. The van der Waals surface area contributed by atoms with Gasteiger partial charge in [0, 0.05) is 5.56 Å². The van der Waals surface area contributed by atoms with E-state index in [0.717, 1.165) is 27.8 Å². The molecule has 2 rings (SSSR count). The van der Waals surface area contributed by atoms with E-state index in [2.05, 4.69) is 0 Å². The lowest BCUT2D eigenvalue weighted by Gasteiger charge is -2.10. The topological polar surface area (TPSA) is 40.5 Å². The molecule has 2 aromatic carbocycles. The molecule has 17 heavy (non-hydrogen) atoms. The molecule has 2 heteroatoms. The molecule has 0 bridgehead atoms. The average molecular weight is 228 g/mol. The normalized spacial score (nSPS) is 10.5. The predicted molar refractivity (Wildman–Crippen MR) is 69.4 cm³/mol. The molecule has 0 saturated carbocycles. The van der Waals surface area contributed by atoms with E-state index in [1.807, 2.05) is 45.0 Å². The van der Waals surface area contributed by atoms with Gasteiger partial charge >= 0.3 is 0 Å². The van der Waals surface area contributed by atoms with Gasteiger partial charge in [0.05, 0.1) is 0 Å². The Morgan fingerprint density at radius 1 is 0.824 bits per heavy atom. The Labute approximate surface area is 101 Å². The molecule has 2 N–H and O–H groups in total. The summed E-state index contributed by atoms with van der Waals surface area (Å²) in [5.41, 5.74) is 4.36.